The number of likely N-dealkylation sites (N-methyl/N-ethyl adjacent to an activating group) is 1. The lowest BCUT2D eigenvalue weighted by molar-refractivity contribution is -0.119. The van der Waals surface area contributed by atoms with Crippen LogP contribution in [0.4, 0.5) is 5.69 Å². The number of nitrogens with zero attached hydrogens (tertiary/aromatic N) is 2. The Balaban J connectivity index is 1.56. The summed E-state index contributed by atoms with van der Waals surface area (Å²) in [7, 11) is 1.79. The molecule has 26 heavy (non-hydrogen) atoms. The van der Waals surface area contributed by atoms with Crippen LogP contribution in [0.15, 0.2) is 24.3 Å². The molecule has 1 aliphatic carbocycles. The molecular formula is C20H30N4O2. The van der Waals surface area contributed by atoms with Crippen LogP contribution in [0.1, 0.15) is 48.9 Å². The summed E-state index contributed by atoms with van der Waals surface area (Å²) in [6.45, 7) is 2.46. The van der Waals surface area contributed by atoms with Crippen molar-refractivity contribution in [1.82, 2.24) is 10.2 Å². The molecule has 6 heteroatoms. The van der Waals surface area contributed by atoms with E-state index in [9.17, 15) is 9.59 Å². The lowest BCUT2D eigenvalue weighted by atomic mass is 9.91. The maximum absolute atomic E-state index is 12.4. The monoisotopic (exact) mass is 358 g/mol. The summed E-state index contributed by atoms with van der Waals surface area (Å²) in [5.74, 6) is -0.0118. The van der Waals surface area contributed by atoms with Crippen LogP contribution in [0.5, 0.6) is 0 Å². The summed E-state index contributed by atoms with van der Waals surface area (Å²) in [6.07, 6.45) is 6.50. The fourth-order valence-electron chi connectivity index (χ4n) is 3.81. The summed E-state index contributed by atoms with van der Waals surface area (Å²) in [4.78, 5) is 28.7. The molecule has 2 amide bonds. The molecular weight excluding hydrogens is 328 g/mol. The van der Waals surface area contributed by atoms with Crippen LogP contribution >= 0.6 is 0 Å². The molecule has 1 aromatic carbocycles. The number of anilines is 1. The third-order valence-corrected chi connectivity index (χ3v) is 5.58. The standard InChI is InChI=1S/C20H30N4O2/c1-23(19(25)14-24-12-4-5-13-24)16-10-8-15(9-11-16)20(26)22-18-7-3-2-6-17(18)21/h8-11,17-18H,2-7,12-14,21H2,1H3,(H,22,26). The van der Waals surface area contributed by atoms with E-state index in [-0.39, 0.29) is 23.9 Å². The van der Waals surface area contributed by atoms with Crippen LogP contribution in [-0.4, -0.2) is 55.5 Å². The first-order valence-corrected chi connectivity index (χ1v) is 9.70. The van der Waals surface area contributed by atoms with Crippen LogP contribution in [0.3, 0.4) is 0 Å². The van der Waals surface area contributed by atoms with E-state index in [1.165, 1.54) is 12.8 Å². The van der Waals surface area contributed by atoms with Gasteiger partial charge in [0.2, 0.25) is 5.91 Å². The fourth-order valence-corrected chi connectivity index (χ4v) is 3.81. The number of hydrogen-bond acceptors (Lipinski definition) is 4. The Morgan fingerprint density at radius 1 is 1.12 bits per heavy atom. The molecule has 6 nitrogen and oxygen atoms in total. The molecule has 3 N–H and O–H groups in total. The Kier molecular flexibility index (Phi) is 6.27. The molecule has 0 aromatic heterocycles. The van der Waals surface area contributed by atoms with Crippen molar-refractivity contribution in [2.24, 2.45) is 5.73 Å². The van der Waals surface area contributed by atoms with Gasteiger partial charge in [0.15, 0.2) is 0 Å². The molecule has 1 saturated heterocycles. The van der Waals surface area contributed by atoms with Crippen molar-refractivity contribution in [1.29, 1.82) is 0 Å². The van der Waals surface area contributed by atoms with E-state index < -0.39 is 0 Å². The van der Waals surface area contributed by atoms with Crippen molar-refractivity contribution in [3.63, 3.8) is 0 Å². The Bertz CT molecular complexity index is 625. The third-order valence-electron chi connectivity index (χ3n) is 5.58. The molecule has 2 atom stereocenters. The molecule has 1 heterocycles. The molecule has 1 aliphatic heterocycles. The second-order valence-corrected chi connectivity index (χ2v) is 7.51. The molecule has 0 radical (unpaired) electrons. The van der Waals surface area contributed by atoms with Crippen LogP contribution in [0, 0.1) is 0 Å². The minimum Gasteiger partial charge on any atom is -0.348 e. The number of benzene rings is 1. The predicted octanol–water partition coefficient (Wildman–Crippen LogP) is 1.74. The zero-order valence-corrected chi connectivity index (χ0v) is 15.6. The topological polar surface area (TPSA) is 78.7 Å². The molecule has 2 fully saturated rings. The highest BCUT2D eigenvalue weighted by Crippen LogP contribution is 2.19. The molecule has 1 aromatic rings. The van der Waals surface area contributed by atoms with Gasteiger partial charge in [-0.2, -0.15) is 0 Å². The molecule has 0 bridgehead atoms. The van der Waals surface area contributed by atoms with Gasteiger partial charge < -0.3 is 16.0 Å². The molecule has 2 aliphatic rings. The second-order valence-electron chi connectivity index (χ2n) is 7.51. The van der Waals surface area contributed by atoms with E-state index in [0.29, 0.717) is 12.1 Å². The van der Waals surface area contributed by atoms with Crippen LogP contribution in [0.25, 0.3) is 0 Å². The van der Waals surface area contributed by atoms with Crippen LogP contribution < -0.4 is 16.0 Å². The van der Waals surface area contributed by atoms with Gasteiger partial charge in [-0.05, 0) is 63.0 Å². The Morgan fingerprint density at radius 3 is 2.42 bits per heavy atom. The summed E-state index contributed by atoms with van der Waals surface area (Å²) in [5.41, 5.74) is 7.52. The van der Waals surface area contributed by atoms with E-state index in [1.807, 2.05) is 12.1 Å². The highest BCUT2D eigenvalue weighted by molar-refractivity contribution is 5.97. The number of nitrogens with two attached hydrogens (primary N) is 1. The number of nitrogens with one attached hydrogen (secondary N) is 1. The number of amides is 2. The van der Waals surface area contributed by atoms with E-state index in [4.69, 9.17) is 5.73 Å². The molecule has 1 saturated carbocycles. The fraction of sp³-hybridized carbons (Fsp3) is 0.600. The van der Waals surface area contributed by atoms with Crippen molar-refractivity contribution in [3.8, 4) is 0 Å². The van der Waals surface area contributed by atoms with Gasteiger partial charge in [0.1, 0.15) is 0 Å². The van der Waals surface area contributed by atoms with Crippen molar-refractivity contribution in [2.45, 2.75) is 50.6 Å². The number of carbonyl (C=O) groups excluding carboxylic acids is 2. The van der Waals surface area contributed by atoms with Crippen LogP contribution in [0.2, 0.25) is 0 Å². The highest BCUT2D eigenvalue weighted by atomic mass is 16.2. The average molecular weight is 358 g/mol. The zero-order valence-electron chi connectivity index (χ0n) is 15.6. The van der Waals surface area contributed by atoms with Crippen molar-refractivity contribution in [3.05, 3.63) is 29.8 Å². The first kappa shape index (κ1) is 18.9. The largest absolute Gasteiger partial charge is 0.348 e. The maximum Gasteiger partial charge on any atom is 0.251 e. The number of hydrogen-bond donors (Lipinski definition) is 2. The molecule has 0 spiro atoms. The molecule has 2 unspecified atom stereocenters. The minimum absolute atomic E-state index is 0.0429. The van der Waals surface area contributed by atoms with Gasteiger partial charge in [0.05, 0.1) is 6.54 Å². The quantitative estimate of drug-likeness (QED) is 0.840. The van der Waals surface area contributed by atoms with E-state index >= 15 is 0 Å². The first-order valence-electron chi connectivity index (χ1n) is 9.70. The Morgan fingerprint density at radius 2 is 1.77 bits per heavy atom. The highest BCUT2D eigenvalue weighted by Gasteiger charge is 2.24. The van der Waals surface area contributed by atoms with Gasteiger partial charge in [-0.25, -0.2) is 0 Å². The Hall–Kier alpha value is -1.92. The lowest BCUT2D eigenvalue weighted by Gasteiger charge is -2.29. The van der Waals surface area contributed by atoms with Gasteiger partial charge in [0, 0.05) is 30.4 Å². The summed E-state index contributed by atoms with van der Waals surface area (Å²) in [5, 5.41) is 3.05. The van der Waals surface area contributed by atoms with E-state index in [2.05, 4.69) is 10.2 Å². The van der Waals surface area contributed by atoms with Crippen LogP contribution in [-0.2, 0) is 4.79 Å². The zero-order chi connectivity index (χ0) is 18.5. The Labute approximate surface area is 155 Å². The van der Waals surface area contributed by atoms with Gasteiger partial charge in [-0.1, -0.05) is 12.8 Å². The van der Waals surface area contributed by atoms with Gasteiger partial charge >= 0.3 is 0 Å². The SMILES string of the molecule is CN(C(=O)CN1CCCC1)c1ccc(C(=O)NC2CCCCC2N)cc1. The van der Waals surface area contributed by atoms with E-state index in [1.54, 1.807) is 24.1 Å². The maximum atomic E-state index is 12.4. The smallest absolute Gasteiger partial charge is 0.251 e. The normalized spacial score (nSPS) is 23.6. The third kappa shape index (κ3) is 4.62. The number of likely N-dealkylation sites (tertiary alicyclic amines) is 1. The summed E-state index contributed by atoms with van der Waals surface area (Å²) < 4.78 is 0. The second kappa shape index (κ2) is 8.64. The first-order chi connectivity index (χ1) is 12.5. The molecule has 142 valence electrons. The number of carbonyl (C=O) groups is 2. The van der Waals surface area contributed by atoms with Gasteiger partial charge in [-0.3, -0.25) is 14.5 Å². The summed E-state index contributed by atoms with van der Waals surface area (Å²) in [6, 6.07) is 7.31. The van der Waals surface area contributed by atoms with Gasteiger partial charge in [0.25, 0.3) is 5.91 Å². The number of rotatable bonds is 5. The average Bonchev–Trinajstić information content (AvgIpc) is 3.16. The predicted molar refractivity (Wildman–Crippen MR) is 103 cm³/mol. The molecule has 3 rings (SSSR count). The minimum atomic E-state index is -0.0926. The lowest BCUT2D eigenvalue weighted by Crippen LogP contribution is -2.49. The van der Waals surface area contributed by atoms with Crippen molar-refractivity contribution >= 4 is 17.5 Å². The van der Waals surface area contributed by atoms with E-state index in [0.717, 1.165) is 44.5 Å². The van der Waals surface area contributed by atoms with Gasteiger partial charge in [-0.15, -0.1) is 0 Å². The summed E-state index contributed by atoms with van der Waals surface area (Å²) >= 11 is 0. The van der Waals surface area contributed by atoms with Crippen molar-refractivity contribution < 1.29 is 9.59 Å². The van der Waals surface area contributed by atoms with Crippen molar-refractivity contribution in [2.75, 3.05) is 31.6 Å².